The third-order valence-corrected chi connectivity index (χ3v) is 6.61. The predicted molar refractivity (Wildman–Crippen MR) is 120 cm³/mol. The molecule has 29 heavy (non-hydrogen) atoms. The van der Waals surface area contributed by atoms with E-state index in [1.165, 1.54) is 48.0 Å². The number of anilines is 2. The van der Waals surface area contributed by atoms with E-state index in [1.54, 1.807) is 11.3 Å². The molecule has 0 radical (unpaired) electrons. The topological polar surface area (TPSA) is 73.9 Å². The summed E-state index contributed by atoms with van der Waals surface area (Å²) in [6, 6.07) is 12.3. The molecular weight excluding hydrogens is 402 g/mol. The molecule has 0 aliphatic carbocycles. The summed E-state index contributed by atoms with van der Waals surface area (Å²) in [7, 11) is 0. The lowest BCUT2D eigenvalue weighted by atomic mass is 10.2. The van der Waals surface area contributed by atoms with Gasteiger partial charge in [-0.05, 0) is 48.6 Å². The van der Waals surface area contributed by atoms with Crippen LogP contribution in [0, 0.1) is 0 Å². The Hall–Kier alpha value is -2.32. The molecule has 3 heterocycles. The molecule has 8 heteroatoms. The summed E-state index contributed by atoms with van der Waals surface area (Å²) in [5.74, 6) is 1.05. The quantitative estimate of drug-likeness (QED) is 0.541. The Morgan fingerprint density at radius 1 is 1.14 bits per heavy atom. The summed E-state index contributed by atoms with van der Waals surface area (Å²) in [5, 5.41) is 12.7. The van der Waals surface area contributed by atoms with Gasteiger partial charge in [-0.1, -0.05) is 30.7 Å². The number of carbonyl (C=O) groups excluding carboxylic acids is 1. The molecule has 152 valence electrons. The van der Waals surface area contributed by atoms with Crippen LogP contribution in [0.25, 0.3) is 0 Å². The van der Waals surface area contributed by atoms with E-state index in [0.29, 0.717) is 5.16 Å². The first-order valence-corrected chi connectivity index (χ1v) is 11.8. The molecule has 0 bridgehead atoms. The molecule has 2 N–H and O–H groups in total. The number of hydrogen-bond donors (Lipinski definition) is 2. The van der Waals surface area contributed by atoms with Gasteiger partial charge in [0.15, 0.2) is 0 Å². The van der Waals surface area contributed by atoms with Crippen molar-refractivity contribution in [2.75, 3.05) is 29.1 Å². The van der Waals surface area contributed by atoms with Crippen LogP contribution < -0.4 is 10.2 Å². The minimum absolute atomic E-state index is 0.0536. The number of H-pyrrole nitrogens is 1. The number of benzene rings is 1. The fourth-order valence-corrected chi connectivity index (χ4v) is 4.74. The van der Waals surface area contributed by atoms with E-state index in [1.807, 2.05) is 23.6 Å². The van der Waals surface area contributed by atoms with Crippen molar-refractivity contribution in [1.29, 1.82) is 0 Å². The maximum atomic E-state index is 12.3. The molecule has 1 aliphatic rings. The van der Waals surface area contributed by atoms with Gasteiger partial charge in [-0.25, -0.2) is 4.98 Å². The van der Waals surface area contributed by atoms with Gasteiger partial charge in [0.05, 0.1) is 5.75 Å². The number of thiophene rings is 1. The molecular formula is C21H25N5OS2. The van der Waals surface area contributed by atoms with Gasteiger partial charge in [0.25, 0.3) is 0 Å². The highest BCUT2D eigenvalue weighted by molar-refractivity contribution is 7.99. The first kappa shape index (κ1) is 20.0. The minimum atomic E-state index is -0.0536. The predicted octanol–water partition coefficient (Wildman–Crippen LogP) is 4.57. The summed E-state index contributed by atoms with van der Waals surface area (Å²) >= 11 is 3.03. The minimum Gasteiger partial charge on any atom is -0.372 e. The number of aromatic amines is 1. The lowest BCUT2D eigenvalue weighted by Crippen LogP contribution is -2.23. The normalized spacial score (nSPS) is 14.6. The highest BCUT2D eigenvalue weighted by Crippen LogP contribution is 2.22. The first-order valence-electron chi connectivity index (χ1n) is 9.97. The van der Waals surface area contributed by atoms with Crippen molar-refractivity contribution < 1.29 is 4.79 Å². The van der Waals surface area contributed by atoms with E-state index in [9.17, 15) is 4.79 Å². The van der Waals surface area contributed by atoms with Crippen molar-refractivity contribution >= 4 is 40.4 Å². The zero-order chi connectivity index (χ0) is 19.9. The van der Waals surface area contributed by atoms with E-state index in [-0.39, 0.29) is 11.7 Å². The van der Waals surface area contributed by atoms with Crippen LogP contribution in [0.2, 0.25) is 0 Å². The Bertz CT molecular complexity index is 900. The second-order valence-corrected chi connectivity index (χ2v) is 9.08. The molecule has 4 rings (SSSR count). The Balaban J connectivity index is 1.25. The van der Waals surface area contributed by atoms with Crippen molar-refractivity contribution in [3.63, 3.8) is 0 Å². The molecule has 2 aromatic heterocycles. The summed E-state index contributed by atoms with van der Waals surface area (Å²) < 4.78 is 0. The van der Waals surface area contributed by atoms with Crippen LogP contribution in [-0.4, -0.2) is 39.9 Å². The van der Waals surface area contributed by atoms with E-state index in [4.69, 9.17) is 0 Å². The SMILES string of the molecule is O=C(CSc1n[nH]c(Cc2cccs2)n1)Nc1ccc(N2CCCCCC2)cc1. The largest absolute Gasteiger partial charge is 0.372 e. The van der Waals surface area contributed by atoms with Gasteiger partial charge >= 0.3 is 0 Å². The van der Waals surface area contributed by atoms with E-state index < -0.39 is 0 Å². The number of aromatic nitrogens is 3. The van der Waals surface area contributed by atoms with E-state index in [0.717, 1.165) is 31.0 Å². The third kappa shape index (κ3) is 5.83. The molecule has 1 saturated heterocycles. The summed E-state index contributed by atoms with van der Waals surface area (Å²) in [4.78, 5) is 20.4. The van der Waals surface area contributed by atoms with Crippen molar-refractivity contribution in [2.45, 2.75) is 37.3 Å². The lowest BCUT2D eigenvalue weighted by Gasteiger charge is -2.22. The number of thioether (sulfide) groups is 1. The molecule has 0 atom stereocenters. The fraction of sp³-hybridized carbons (Fsp3) is 0.381. The molecule has 0 unspecified atom stereocenters. The molecule has 0 saturated carbocycles. The number of hydrogen-bond acceptors (Lipinski definition) is 6. The number of nitrogens with zero attached hydrogens (tertiary/aromatic N) is 3. The Labute approximate surface area is 179 Å². The molecule has 1 aliphatic heterocycles. The highest BCUT2D eigenvalue weighted by atomic mass is 32.2. The van der Waals surface area contributed by atoms with Gasteiger partial charge in [-0.15, -0.1) is 16.4 Å². The van der Waals surface area contributed by atoms with Crippen LogP contribution in [0.3, 0.4) is 0 Å². The van der Waals surface area contributed by atoms with Gasteiger partial charge in [0.1, 0.15) is 5.82 Å². The number of nitrogens with one attached hydrogen (secondary N) is 2. The zero-order valence-corrected chi connectivity index (χ0v) is 17.9. The average Bonchev–Trinajstić information content (AvgIpc) is 3.33. The number of rotatable bonds is 7. The second-order valence-electron chi connectivity index (χ2n) is 7.11. The van der Waals surface area contributed by atoms with Crippen molar-refractivity contribution in [2.24, 2.45) is 0 Å². The number of amides is 1. The van der Waals surface area contributed by atoms with Crippen molar-refractivity contribution in [3.05, 3.63) is 52.5 Å². The van der Waals surface area contributed by atoms with Crippen molar-refractivity contribution in [3.8, 4) is 0 Å². The highest BCUT2D eigenvalue weighted by Gasteiger charge is 2.11. The molecule has 6 nitrogen and oxygen atoms in total. The Morgan fingerprint density at radius 3 is 2.66 bits per heavy atom. The van der Waals surface area contributed by atoms with E-state index >= 15 is 0 Å². The van der Waals surface area contributed by atoms with Crippen LogP contribution in [-0.2, 0) is 11.2 Å². The summed E-state index contributed by atoms with van der Waals surface area (Å²) in [6.07, 6.45) is 5.89. The van der Waals surface area contributed by atoms with Crippen LogP contribution in [0.4, 0.5) is 11.4 Å². The van der Waals surface area contributed by atoms with Gasteiger partial charge in [0, 0.05) is 35.8 Å². The lowest BCUT2D eigenvalue weighted by molar-refractivity contribution is -0.113. The molecule has 1 aromatic carbocycles. The second kappa shape index (κ2) is 9.93. The van der Waals surface area contributed by atoms with Gasteiger partial charge < -0.3 is 10.2 Å². The van der Waals surface area contributed by atoms with Crippen LogP contribution in [0.15, 0.2) is 46.9 Å². The van der Waals surface area contributed by atoms with Crippen LogP contribution in [0.5, 0.6) is 0 Å². The molecule has 3 aromatic rings. The van der Waals surface area contributed by atoms with Gasteiger partial charge in [0.2, 0.25) is 11.1 Å². The standard InChI is InChI=1S/C21H25N5OS2/c27-20(15-29-21-23-19(24-25-21)14-18-6-5-13-28-18)22-16-7-9-17(10-8-16)26-11-3-1-2-4-12-26/h5-10,13H,1-4,11-12,14-15H2,(H,22,27)(H,23,24,25). The molecule has 0 spiro atoms. The Morgan fingerprint density at radius 2 is 1.93 bits per heavy atom. The summed E-state index contributed by atoms with van der Waals surface area (Å²) in [6.45, 7) is 2.24. The van der Waals surface area contributed by atoms with Crippen LogP contribution in [0.1, 0.15) is 36.4 Å². The maximum absolute atomic E-state index is 12.3. The average molecular weight is 428 g/mol. The van der Waals surface area contributed by atoms with Gasteiger partial charge in [-0.2, -0.15) is 0 Å². The zero-order valence-electron chi connectivity index (χ0n) is 16.3. The first-order chi connectivity index (χ1) is 14.3. The monoisotopic (exact) mass is 427 g/mol. The third-order valence-electron chi connectivity index (χ3n) is 4.89. The fourth-order valence-electron chi connectivity index (χ4n) is 3.41. The van der Waals surface area contributed by atoms with E-state index in [2.05, 4.69) is 43.6 Å². The Kier molecular flexibility index (Phi) is 6.84. The smallest absolute Gasteiger partial charge is 0.234 e. The molecule has 1 fully saturated rings. The van der Waals surface area contributed by atoms with Crippen molar-refractivity contribution in [1.82, 2.24) is 15.2 Å². The van der Waals surface area contributed by atoms with Crippen LogP contribution >= 0.6 is 23.1 Å². The van der Waals surface area contributed by atoms with Gasteiger partial charge in [-0.3, -0.25) is 9.89 Å². The number of carbonyl (C=O) groups is 1. The summed E-state index contributed by atoms with van der Waals surface area (Å²) in [5.41, 5.74) is 2.06. The molecule has 1 amide bonds. The maximum Gasteiger partial charge on any atom is 0.234 e.